The smallest absolute Gasteiger partial charge is 0.307 e. The number of carbonyl (C=O) groups excluding carboxylic acids is 2. The van der Waals surface area contributed by atoms with E-state index in [2.05, 4.69) is 15.5 Å². The second-order valence-electron chi connectivity index (χ2n) is 7.90. The summed E-state index contributed by atoms with van der Waals surface area (Å²) in [4.78, 5) is 25.0. The zero-order chi connectivity index (χ0) is 23.9. The molecule has 172 valence electrons. The fraction of sp³-hybridized carbons (Fsp3) is 0.185. The van der Waals surface area contributed by atoms with Crippen LogP contribution in [0.3, 0.4) is 0 Å². The molecule has 1 aromatic heterocycles. The van der Waals surface area contributed by atoms with Gasteiger partial charge in [-0.25, -0.2) is 0 Å². The number of aromatic nitrogens is 2. The van der Waals surface area contributed by atoms with Crippen molar-refractivity contribution in [2.24, 2.45) is 0 Å². The van der Waals surface area contributed by atoms with E-state index in [1.165, 1.54) is 0 Å². The Morgan fingerprint density at radius 1 is 0.912 bits per heavy atom. The van der Waals surface area contributed by atoms with Gasteiger partial charge in [0.25, 0.3) is 5.91 Å². The molecule has 0 aliphatic heterocycles. The number of nitrogens with one attached hydrogen (secondary N) is 1. The molecule has 34 heavy (non-hydrogen) atoms. The Hall–Kier alpha value is -4.26. The fourth-order valence-corrected chi connectivity index (χ4v) is 3.38. The van der Waals surface area contributed by atoms with Gasteiger partial charge in [-0.2, -0.15) is 0 Å². The fourth-order valence-electron chi connectivity index (χ4n) is 3.38. The monoisotopic (exact) mass is 455 g/mol. The molecule has 1 unspecified atom stereocenters. The van der Waals surface area contributed by atoms with E-state index in [1.807, 2.05) is 85.8 Å². The van der Waals surface area contributed by atoms with Crippen LogP contribution < -0.4 is 5.32 Å². The van der Waals surface area contributed by atoms with Crippen molar-refractivity contribution < 1.29 is 18.7 Å². The van der Waals surface area contributed by atoms with Crippen LogP contribution in [0.5, 0.6) is 0 Å². The van der Waals surface area contributed by atoms with Crippen molar-refractivity contribution in [2.45, 2.75) is 32.8 Å². The average molecular weight is 456 g/mol. The molecule has 7 heteroatoms. The van der Waals surface area contributed by atoms with Crippen LogP contribution in [0.25, 0.3) is 22.6 Å². The normalized spacial score (nSPS) is 11.6. The van der Waals surface area contributed by atoms with Crippen LogP contribution in [0.15, 0.2) is 83.3 Å². The third kappa shape index (κ3) is 5.75. The van der Waals surface area contributed by atoms with Crippen molar-refractivity contribution in [3.63, 3.8) is 0 Å². The van der Waals surface area contributed by atoms with Crippen LogP contribution in [0.2, 0.25) is 0 Å². The van der Waals surface area contributed by atoms with Crippen molar-refractivity contribution in [3.05, 3.63) is 90.3 Å². The van der Waals surface area contributed by atoms with Gasteiger partial charge in [0, 0.05) is 23.2 Å². The number of carbonyl (C=O) groups is 2. The number of hydrogen-bond donors (Lipinski definition) is 1. The molecular weight excluding hydrogens is 430 g/mol. The number of rotatable bonds is 8. The Labute approximate surface area is 197 Å². The van der Waals surface area contributed by atoms with Gasteiger partial charge >= 0.3 is 5.97 Å². The lowest BCUT2D eigenvalue weighted by Crippen LogP contribution is -2.30. The molecule has 1 atom stereocenters. The molecular formula is C27H25N3O4. The maximum absolute atomic E-state index is 12.7. The maximum atomic E-state index is 12.7. The highest BCUT2D eigenvalue weighted by Gasteiger charge is 2.20. The van der Waals surface area contributed by atoms with E-state index in [0.717, 1.165) is 22.3 Å². The Balaban J connectivity index is 1.31. The molecule has 4 aromatic rings. The van der Waals surface area contributed by atoms with Crippen LogP contribution >= 0.6 is 0 Å². The molecule has 0 spiro atoms. The highest BCUT2D eigenvalue weighted by atomic mass is 16.5. The number of para-hydroxylation sites is 1. The van der Waals surface area contributed by atoms with Gasteiger partial charge in [0.15, 0.2) is 6.10 Å². The van der Waals surface area contributed by atoms with E-state index in [1.54, 1.807) is 6.92 Å². The maximum Gasteiger partial charge on any atom is 0.307 e. The first kappa shape index (κ1) is 22.9. The van der Waals surface area contributed by atoms with Gasteiger partial charge in [-0.05, 0) is 37.6 Å². The van der Waals surface area contributed by atoms with Crippen molar-refractivity contribution in [1.82, 2.24) is 10.2 Å². The Bertz CT molecular complexity index is 1270. The molecule has 0 saturated carbocycles. The van der Waals surface area contributed by atoms with Crippen LogP contribution in [-0.2, 0) is 20.7 Å². The predicted molar refractivity (Wildman–Crippen MR) is 129 cm³/mol. The second kappa shape index (κ2) is 10.6. The van der Waals surface area contributed by atoms with Gasteiger partial charge in [0.1, 0.15) is 0 Å². The first-order valence-corrected chi connectivity index (χ1v) is 11.0. The second-order valence-corrected chi connectivity index (χ2v) is 7.90. The van der Waals surface area contributed by atoms with E-state index in [-0.39, 0.29) is 12.8 Å². The summed E-state index contributed by atoms with van der Waals surface area (Å²) in [6.45, 7) is 3.54. The Morgan fingerprint density at radius 2 is 1.62 bits per heavy atom. The van der Waals surface area contributed by atoms with Crippen LogP contribution in [0, 0.1) is 6.92 Å². The van der Waals surface area contributed by atoms with Gasteiger partial charge in [-0.15, -0.1) is 10.2 Å². The molecule has 1 N–H and O–H groups in total. The summed E-state index contributed by atoms with van der Waals surface area (Å²) in [7, 11) is 0. The van der Waals surface area contributed by atoms with E-state index in [0.29, 0.717) is 17.5 Å². The molecule has 7 nitrogen and oxygen atoms in total. The number of amides is 1. The van der Waals surface area contributed by atoms with Crippen molar-refractivity contribution in [3.8, 4) is 22.6 Å². The molecule has 0 aliphatic carbocycles. The third-order valence-electron chi connectivity index (χ3n) is 5.26. The topological polar surface area (TPSA) is 94.3 Å². The lowest BCUT2D eigenvalue weighted by Gasteiger charge is -2.15. The molecule has 1 heterocycles. The third-order valence-corrected chi connectivity index (χ3v) is 5.26. The van der Waals surface area contributed by atoms with Gasteiger partial charge in [0.2, 0.25) is 11.8 Å². The molecule has 0 bridgehead atoms. The van der Waals surface area contributed by atoms with Crippen molar-refractivity contribution in [1.29, 1.82) is 0 Å². The van der Waals surface area contributed by atoms with Crippen LogP contribution in [-0.4, -0.2) is 28.2 Å². The van der Waals surface area contributed by atoms with E-state index >= 15 is 0 Å². The summed E-state index contributed by atoms with van der Waals surface area (Å²) in [5.41, 5.74) is 4.46. The molecule has 0 fully saturated rings. The Morgan fingerprint density at radius 3 is 2.38 bits per heavy atom. The molecule has 0 aliphatic rings. The van der Waals surface area contributed by atoms with Gasteiger partial charge in [0.05, 0.1) is 6.42 Å². The first-order chi connectivity index (χ1) is 16.5. The molecule has 4 rings (SSSR count). The largest absolute Gasteiger partial charge is 0.453 e. The highest BCUT2D eigenvalue weighted by molar-refractivity contribution is 5.98. The number of nitrogens with zero attached hydrogens (tertiary/aromatic N) is 2. The van der Waals surface area contributed by atoms with Gasteiger partial charge in [-0.1, -0.05) is 66.2 Å². The van der Waals surface area contributed by atoms with Gasteiger partial charge in [-0.3, -0.25) is 9.59 Å². The van der Waals surface area contributed by atoms with E-state index in [4.69, 9.17) is 9.15 Å². The molecule has 0 radical (unpaired) electrons. The number of anilines is 1. The van der Waals surface area contributed by atoms with E-state index in [9.17, 15) is 9.59 Å². The molecule has 0 saturated heterocycles. The minimum atomic E-state index is -0.956. The summed E-state index contributed by atoms with van der Waals surface area (Å²) < 4.78 is 11.0. The Kier molecular flexibility index (Phi) is 7.13. The predicted octanol–water partition coefficient (Wildman–Crippen LogP) is 5.22. The molecule has 1 amide bonds. The lowest BCUT2D eigenvalue weighted by atomic mass is 10.0. The van der Waals surface area contributed by atoms with E-state index < -0.39 is 18.0 Å². The highest BCUT2D eigenvalue weighted by Crippen LogP contribution is 2.27. The summed E-state index contributed by atoms with van der Waals surface area (Å²) in [5, 5.41) is 10.9. The van der Waals surface area contributed by atoms with Crippen LogP contribution in [0.4, 0.5) is 5.69 Å². The number of aryl methyl sites for hydroxylation is 2. The van der Waals surface area contributed by atoms with Crippen molar-refractivity contribution in [2.75, 3.05) is 5.32 Å². The summed E-state index contributed by atoms with van der Waals surface area (Å²) in [6, 6.07) is 25.0. The quantitative estimate of drug-likeness (QED) is 0.366. The van der Waals surface area contributed by atoms with Crippen molar-refractivity contribution >= 4 is 17.6 Å². The number of esters is 1. The van der Waals surface area contributed by atoms with Gasteiger partial charge < -0.3 is 14.5 Å². The minimum Gasteiger partial charge on any atom is -0.453 e. The number of benzene rings is 3. The summed E-state index contributed by atoms with van der Waals surface area (Å²) in [6.07, 6.45) is -0.710. The SMILES string of the molecule is Cc1ccc(-c2nnc(CCC(=O)OC(C)C(=O)Nc3ccccc3-c3ccccc3)o2)cc1. The summed E-state index contributed by atoms with van der Waals surface area (Å²) in [5.74, 6) is -0.195. The standard InChI is InChI=1S/C27H25N3O4/c1-18-12-14-21(15-13-18)27-30-29-24(34-27)16-17-25(31)33-19(2)26(32)28-23-11-7-6-10-22(23)20-8-4-3-5-9-20/h3-15,19H,16-17H2,1-2H3,(H,28,32). The zero-order valence-electron chi connectivity index (χ0n) is 19.0. The molecule has 3 aromatic carbocycles. The average Bonchev–Trinajstić information content (AvgIpc) is 3.33. The first-order valence-electron chi connectivity index (χ1n) is 11.0. The summed E-state index contributed by atoms with van der Waals surface area (Å²) >= 11 is 0. The number of ether oxygens (including phenoxy) is 1. The van der Waals surface area contributed by atoms with Crippen LogP contribution in [0.1, 0.15) is 24.8 Å². The number of hydrogen-bond acceptors (Lipinski definition) is 6. The lowest BCUT2D eigenvalue weighted by molar-refractivity contribution is -0.153. The zero-order valence-corrected chi connectivity index (χ0v) is 19.0. The minimum absolute atomic E-state index is 0.0216.